The largest absolute Gasteiger partial charge is 0.349 e. The van der Waals surface area contributed by atoms with Gasteiger partial charge in [-0.1, -0.05) is 49.3 Å². The van der Waals surface area contributed by atoms with Crippen LogP contribution in [0, 0.1) is 30.6 Å². The monoisotopic (exact) mass is 533 g/mol. The van der Waals surface area contributed by atoms with Crippen molar-refractivity contribution in [2.75, 3.05) is 25.0 Å². The number of hydrogen-bond acceptors (Lipinski definition) is 7. The van der Waals surface area contributed by atoms with Gasteiger partial charge in [0.25, 0.3) is 11.8 Å². The van der Waals surface area contributed by atoms with Gasteiger partial charge in [0.05, 0.1) is 10.6 Å². The molecule has 0 saturated heterocycles. The van der Waals surface area contributed by atoms with Crippen LogP contribution in [0.4, 0.5) is 5.13 Å². The number of carbonyl (C=O) groups is 3. The maximum absolute atomic E-state index is 13.8. The Morgan fingerprint density at radius 2 is 1.66 bits per heavy atom. The first-order valence-corrected chi connectivity index (χ1v) is 13.4. The highest BCUT2D eigenvalue weighted by atomic mass is 32.1. The highest BCUT2D eigenvalue weighted by Gasteiger charge is 2.42. The Kier molecular flexibility index (Phi) is 8.27. The van der Waals surface area contributed by atoms with Crippen LogP contribution in [0.25, 0.3) is 17.3 Å². The van der Waals surface area contributed by atoms with Gasteiger partial charge >= 0.3 is 0 Å². The molecule has 2 aromatic rings. The van der Waals surface area contributed by atoms with Gasteiger partial charge in [0.1, 0.15) is 11.6 Å². The Morgan fingerprint density at radius 1 is 1.08 bits per heavy atom. The Bertz CT molecular complexity index is 1380. The van der Waals surface area contributed by atoms with E-state index in [0.717, 1.165) is 55.5 Å². The van der Waals surface area contributed by atoms with Crippen molar-refractivity contribution in [1.29, 1.82) is 5.26 Å². The molecule has 1 aliphatic rings. The Balaban J connectivity index is 2.27. The number of aryl methyl sites for hydroxylation is 2. The minimum absolute atomic E-state index is 0.175. The van der Waals surface area contributed by atoms with Crippen molar-refractivity contribution in [1.82, 2.24) is 15.0 Å². The van der Waals surface area contributed by atoms with E-state index in [1.165, 1.54) is 18.4 Å². The number of imide groups is 1. The van der Waals surface area contributed by atoms with E-state index in [0.29, 0.717) is 0 Å². The van der Waals surface area contributed by atoms with E-state index in [2.05, 4.69) is 24.8 Å². The van der Waals surface area contributed by atoms with E-state index >= 15 is 0 Å². The summed E-state index contributed by atoms with van der Waals surface area (Å²) >= 11 is 1.45. The number of amides is 3. The van der Waals surface area contributed by atoms with Gasteiger partial charge in [-0.25, -0.2) is 9.99 Å². The smallest absolute Gasteiger partial charge is 0.290 e. The van der Waals surface area contributed by atoms with Gasteiger partial charge in [-0.2, -0.15) is 10.3 Å². The maximum Gasteiger partial charge on any atom is 0.290 e. The third kappa shape index (κ3) is 5.41. The second-order valence-corrected chi connectivity index (χ2v) is 11.4. The molecule has 0 saturated carbocycles. The summed E-state index contributed by atoms with van der Waals surface area (Å²) in [6, 6.07) is 8.13. The number of anilines is 1. The van der Waals surface area contributed by atoms with E-state index in [9.17, 15) is 19.6 Å². The predicted octanol–water partition coefficient (Wildman–Crippen LogP) is 5.28. The fraction of sp³-hybridized carbons (Fsp3) is 0.414. The molecule has 0 bridgehead atoms. The number of rotatable bonds is 6. The minimum Gasteiger partial charge on any atom is -0.349 e. The SMILES string of the molecule is CCN(CC)c1nc(-c2cc(C)cc(C)c2)c(/C=C2\C(=O)N(N(C)C(=O)C(C)(C)C)C(=O)C(C#N)=C2C)s1. The summed E-state index contributed by atoms with van der Waals surface area (Å²) in [6.07, 6.45) is 1.70. The highest BCUT2D eigenvalue weighted by Crippen LogP contribution is 2.38. The van der Waals surface area contributed by atoms with E-state index in [4.69, 9.17) is 4.98 Å². The van der Waals surface area contributed by atoms with E-state index < -0.39 is 23.1 Å². The first-order valence-electron chi connectivity index (χ1n) is 12.6. The topological polar surface area (TPSA) is 97.6 Å². The normalized spacial score (nSPS) is 15.3. The molecule has 1 aromatic heterocycles. The lowest BCUT2D eigenvalue weighted by Gasteiger charge is -2.36. The molecule has 3 amide bonds. The number of hydrazine groups is 1. The zero-order valence-corrected chi connectivity index (χ0v) is 24.4. The molecule has 9 heteroatoms. The van der Waals surface area contributed by atoms with E-state index in [1.54, 1.807) is 33.8 Å². The molecule has 38 heavy (non-hydrogen) atoms. The lowest BCUT2D eigenvalue weighted by atomic mass is 9.93. The van der Waals surface area contributed by atoms with Crippen molar-refractivity contribution in [3.8, 4) is 17.3 Å². The van der Waals surface area contributed by atoms with Crippen molar-refractivity contribution < 1.29 is 14.4 Å². The molecule has 0 spiro atoms. The summed E-state index contributed by atoms with van der Waals surface area (Å²) in [5.74, 6) is -1.89. The Labute approximate surface area is 228 Å². The highest BCUT2D eigenvalue weighted by molar-refractivity contribution is 7.17. The number of nitrogens with zero attached hydrogens (tertiary/aromatic N) is 5. The molecule has 0 N–H and O–H groups in total. The number of aromatic nitrogens is 1. The van der Waals surface area contributed by atoms with Crippen molar-refractivity contribution >= 4 is 40.3 Å². The molecular formula is C29H35N5O3S. The van der Waals surface area contributed by atoms with Crippen LogP contribution >= 0.6 is 11.3 Å². The quantitative estimate of drug-likeness (QED) is 0.370. The molecular weight excluding hydrogens is 498 g/mol. The van der Waals surface area contributed by atoms with Crippen molar-refractivity contribution in [3.63, 3.8) is 0 Å². The molecule has 3 rings (SSSR count). The third-order valence-corrected chi connectivity index (χ3v) is 7.47. The lowest BCUT2D eigenvalue weighted by Crippen LogP contribution is -2.56. The Hall–Kier alpha value is -3.77. The molecule has 0 atom stereocenters. The van der Waals surface area contributed by atoms with Gasteiger partial charge in [0.15, 0.2) is 5.13 Å². The summed E-state index contributed by atoms with van der Waals surface area (Å²) in [4.78, 5) is 47.7. The molecule has 0 radical (unpaired) electrons. The van der Waals surface area contributed by atoms with Crippen LogP contribution in [0.2, 0.25) is 0 Å². The zero-order chi connectivity index (χ0) is 28.5. The summed E-state index contributed by atoms with van der Waals surface area (Å²) < 4.78 is 0. The van der Waals surface area contributed by atoms with Gasteiger partial charge in [0.2, 0.25) is 5.91 Å². The standard InChI is InChI=1S/C29H35N5O3S/c1-10-33(11-2)28-31-24(20-13-17(3)12-18(4)14-20)23(38-28)15-21-19(5)22(16-30)26(36)34(25(21)35)32(9)27(37)29(6,7)8/h12-15H,10-11H2,1-9H3/b21-15-. The number of thiazole rings is 1. The van der Waals surface area contributed by atoms with Gasteiger partial charge in [0, 0.05) is 36.7 Å². The van der Waals surface area contributed by atoms with E-state index in [1.807, 2.05) is 32.0 Å². The average molecular weight is 534 g/mol. The number of nitriles is 1. The molecule has 0 fully saturated rings. The number of hydrogen-bond donors (Lipinski definition) is 0. The fourth-order valence-corrected chi connectivity index (χ4v) is 5.57. The Morgan fingerprint density at radius 3 is 2.16 bits per heavy atom. The van der Waals surface area contributed by atoms with Gasteiger partial charge < -0.3 is 4.90 Å². The van der Waals surface area contributed by atoms with Crippen LogP contribution in [0.15, 0.2) is 34.9 Å². The van der Waals surface area contributed by atoms with Crippen LogP contribution in [0.3, 0.4) is 0 Å². The van der Waals surface area contributed by atoms with Crippen LogP contribution in [0.5, 0.6) is 0 Å². The van der Waals surface area contributed by atoms with Crippen molar-refractivity contribution in [2.45, 2.75) is 55.4 Å². The van der Waals surface area contributed by atoms with Crippen LogP contribution in [-0.2, 0) is 14.4 Å². The molecule has 1 aromatic carbocycles. The first-order chi connectivity index (χ1) is 17.7. The first kappa shape index (κ1) is 28.8. The zero-order valence-electron chi connectivity index (χ0n) is 23.6. The van der Waals surface area contributed by atoms with Crippen LogP contribution in [0.1, 0.15) is 57.5 Å². The lowest BCUT2D eigenvalue weighted by molar-refractivity contribution is -0.171. The summed E-state index contributed by atoms with van der Waals surface area (Å²) in [5.41, 5.74) is 3.26. The van der Waals surface area contributed by atoms with Gasteiger partial charge in [-0.3, -0.25) is 14.4 Å². The molecule has 0 unspecified atom stereocenters. The molecule has 1 aliphatic heterocycles. The molecule has 2 heterocycles. The van der Waals surface area contributed by atoms with Crippen LogP contribution in [-0.4, -0.2) is 52.9 Å². The fourth-order valence-electron chi connectivity index (χ4n) is 4.41. The number of carbonyl (C=O) groups excluding carboxylic acids is 3. The molecule has 8 nitrogen and oxygen atoms in total. The second-order valence-electron chi connectivity index (χ2n) is 10.4. The van der Waals surface area contributed by atoms with Crippen LogP contribution < -0.4 is 4.90 Å². The van der Waals surface area contributed by atoms with Gasteiger partial charge in [-0.05, 0) is 58.4 Å². The molecule has 200 valence electrons. The van der Waals surface area contributed by atoms with Crippen molar-refractivity contribution in [3.05, 3.63) is 50.9 Å². The van der Waals surface area contributed by atoms with E-state index in [-0.39, 0.29) is 16.7 Å². The summed E-state index contributed by atoms with van der Waals surface area (Å²) in [7, 11) is 1.38. The average Bonchev–Trinajstić information content (AvgIpc) is 3.24. The predicted molar refractivity (Wildman–Crippen MR) is 151 cm³/mol. The van der Waals surface area contributed by atoms with Crippen molar-refractivity contribution in [2.24, 2.45) is 5.41 Å². The minimum atomic E-state index is -0.839. The second kappa shape index (κ2) is 10.9. The maximum atomic E-state index is 13.8. The third-order valence-electron chi connectivity index (χ3n) is 6.40. The summed E-state index contributed by atoms with van der Waals surface area (Å²) in [5, 5.41) is 12.4. The van der Waals surface area contributed by atoms with Gasteiger partial charge in [-0.15, -0.1) is 0 Å². The summed E-state index contributed by atoms with van der Waals surface area (Å²) in [6.45, 7) is 16.4. The molecule has 0 aliphatic carbocycles. The number of benzene rings is 1.